The third-order valence-corrected chi connectivity index (χ3v) is 3.38. The second-order valence-electron chi connectivity index (χ2n) is 4.37. The molecule has 1 atom stereocenters. The van der Waals surface area contributed by atoms with Crippen molar-refractivity contribution < 1.29 is 0 Å². The van der Waals surface area contributed by atoms with E-state index in [0.29, 0.717) is 0 Å². The van der Waals surface area contributed by atoms with E-state index in [4.69, 9.17) is 0 Å². The predicted octanol–water partition coefficient (Wildman–Crippen LogP) is 1.81. The molecule has 1 rings (SSSR count). The Morgan fingerprint density at radius 2 is 1.92 bits per heavy atom. The summed E-state index contributed by atoms with van der Waals surface area (Å²) in [5.74, 6) is 0. The highest BCUT2D eigenvalue weighted by molar-refractivity contribution is 4.84. The first kappa shape index (κ1) is 11.0. The third-order valence-electron chi connectivity index (χ3n) is 3.38. The third kappa shape index (κ3) is 2.68. The van der Waals surface area contributed by atoms with E-state index in [9.17, 15) is 0 Å². The fourth-order valence-electron chi connectivity index (χ4n) is 2.33. The van der Waals surface area contributed by atoms with Crippen molar-refractivity contribution in [1.82, 2.24) is 9.80 Å². The summed E-state index contributed by atoms with van der Waals surface area (Å²) in [6, 6.07) is 1.62. The zero-order valence-corrected chi connectivity index (χ0v) is 9.58. The second kappa shape index (κ2) is 4.97. The van der Waals surface area contributed by atoms with Crippen molar-refractivity contribution in [3.63, 3.8) is 0 Å². The lowest BCUT2D eigenvalue weighted by atomic mass is 10.1. The van der Waals surface area contributed by atoms with Crippen molar-refractivity contribution in [2.45, 2.75) is 45.2 Å². The molecule has 0 aromatic rings. The molecule has 2 nitrogen and oxygen atoms in total. The summed E-state index contributed by atoms with van der Waals surface area (Å²) in [4.78, 5) is 5.02. The number of hydrogen-bond acceptors (Lipinski definition) is 2. The molecule has 2 heteroatoms. The van der Waals surface area contributed by atoms with Crippen molar-refractivity contribution in [3.05, 3.63) is 0 Å². The van der Waals surface area contributed by atoms with Crippen LogP contribution in [0.1, 0.15) is 33.1 Å². The Morgan fingerprint density at radius 1 is 1.31 bits per heavy atom. The zero-order valence-electron chi connectivity index (χ0n) is 9.58. The standard InChI is InChI=1S/C11H24N2/c1-5-10(6-2)13-8-7-11(9-13)12(3)4/h10-11H,5-9H2,1-4H3. The summed E-state index contributed by atoms with van der Waals surface area (Å²) in [5.41, 5.74) is 0. The number of likely N-dealkylation sites (tertiary alicyclic amines) is 1. The first-order valence-corrected chi connectivity index (χ1v) is 5.59. The molecule has 0 bridgehead atoms. The van der Waals surface area contributed by atoms with Crippen LogP contribution in [0.4, 0.5) is 0 Å². The van der Waals surface area contributed by atoms with Gasteiger partial charge in [0.25, 0.3) is 0 Å². The molecule has 1 unspecified atom stereocenters. The highest BCUT2D eigenvalue weighted by Crippen LogP contribution is 2.19. The molecule has 0 spiro atoms. The van der Waals surface area contributed by atoms with Gasteiger partial charge in [-0.2, -0.15) is 0 Å². The van der Waals surface area contributed by atoms with Crippen LogP contribution < -0.4 is 0 Å². The molecule has 1 saturated heterocycles. The van der Waals surface area contributed by atoms with Gasteiger partial charge in [-0.15, -0.1) is 0 Å². The van der Waals surface area contributed by atoms with Crippen molar-refractivity contribution in [2.24, 2.45) is 0 Å². The Labute approximate surface area is 82.9 Å². The van der Waals surface area contributed by atoms with Crippen LogP contribution in [0.5, 0.6) is 0 Å². The first-order valence-electron chi connectivity index (χ1n) is 5.59. The van der Waals surface area contributed by atoms with Crippen molar-refractivity contribution in [3.8, 4) is 0 Å². The molecule has 0 saturated carbocycles. The van der Waals surface area contributed by atoms with Gasteiger partial charge >= 0.3 is 0 Å². The van der Waals surface area contributed by atoms with Gasteiger partial charge < -0.3 is 4.90 Å². The molecule has 1 aliphatic heterocycles. The molecule has 0 radical (unpaired) electrons. The first-order chi connectivity index (χ1) is 6.19. The zero-order chi connectivity index (χ0) is 9.84. The van der Waals surface area contributed by atoms with E-state index in [1.54, 1.807) is 0 Å². The van der Waals surface area contributed by atoms with E-state index in [1.807, 2.05) is 0 Å². The molecule has 0 aromatic heterocycles. The number of likely N-dealkylation sites (N-methyl/N-ethyl adjacent to an activating group) is 1. The number of hydrogen-bond donors (Lipinski definition) is 0. The maximum Gasteiger partial charge on any atom is 0.0229 e. The largest absolute Gasteiger partial charge is 0.305 e. The fraction of sp³-hybridized carbons (Fsp3) is 1.00. The molecule has 1 aliphatic rings. The van der Waals surface area contributed by atoms with E-state index in [1.165, 1.54) is 32.4 Å². The molecule has 1 heterocycles. The summed E-state index contributed by atoms with van der Waals surface area (Å²) >= 11 is 0. The monoisotopic (exact) mass is 184 g/mol. The van der Waals surface area contributed by atoms with Gasteiger partial charge in [-0.25, -0.2) is 0 Å². The number of nitrogens with zero attached hydrogens (tertiary/aromatic N) is 2. The normalized spacial score (nSPS) is 24.9. The minimum Gasteiger partial charge on any atom is -0.305 e. The lowest BCUT2D eigenvalue weighted by molar-refractivity contribution is 0.206. The maximum absolute atomic E-state index is 2.66. The summed E-state index contributed by atoms with van der Waals surface area (Å²) in [5, 5.41) is 0. The molecular weight excluding hydrogens is 160 g/mol. The topological polar surface area (TPSA) is 6.48 Å². The van der Waals surface area contributed by atoms with E-state index < -0.39 is 0 Å². The molecule has 0 N–H and O–H groups in total. The van der Waals surface area contributed by atoms with Gasteiger partial charge in [-0.1, -0.05) is 13.8 Å². The smallest absolute Gasteiger partial charge is 0.0229 e. The molecule has 0 aromatic carbocycles. The van der Waals surface area contributed by atoms with Crippen LogP contribution in [0.15, 0.2) is 0 Å². The molecular formula is C11H24N2. The predicted molar refractivity (Wildman–Crippen MR) is 58.0 cm³/mol. The van der Waals surface area contributed by atoms with Gasteiger partial charge in [0.2, 0.25) is 0 Å². The second-order valence-corrected chi connectivity index (χ2v) is 4.37. The van der Waals surface area contributed by atoms with Gasteiger partial charge in [0.05, 0.1) is 0 Å². The molecule has 13 heavy (non-hydrogen) atoms. The highest BCUT2D eigenvalue weighted by atomic mass is 15.2. The van der Waals surface area contributed by atoms with Gasteiger partial charge in [0.15, 0.2) is 0 Å². The summed E-state index contributed by atoms with van der Waals surface area (Å²) < 4.78 is 0. The summed E-state index contributed by atoms with van der Waals surface area (Å²) in [6.45, 7) is 7.18. The Balaban J connectivity index is 2.39. The van der Waals surface area contributed by atoms with Crippen molar-refractivity contribution >= 4 is 0 Å². The molecule has 1 fully saturated rings. The lowest BCUT2D eigenvalue weighted by Gasteiger charge is -2.26. The van der Waals surface area contributed by atoms with Crippen LogP contribution in [0.3, 0.4) is 0 Å². The number of rotatable bonds is 4. The minimum absolute atomic E-state index is 0.792. The van der Waals surface area contributed by atoms with Gasteiger partial charge in [-0.3, -0.25) is 4.90 Å². The Morgan fingerprint density at radius 3 is 2.31 bits per heavy atom. The average Bonchev–Trinajstić information content (AvgIpc) is 2.56. The SMILES string of the molecule is CCC(CC)N1CCC(N(C)C)C1. The van der Waals surface area contributed by atoms with Crippen LogP contribution in [0.25, 0.3) is 0 Å². The highest BCUT2D eigenvalue weighted by Gasteiger charge is 2.27. The van der Waals surface area contributed by atoms with Crippen LogP contribution in [0, 0.1) is 0 Å². The van der Waals surface area contributed by atoms with Crippen LogP contribution >= 0.6 is 0 Å². The minimum atomic E-state index is 0.792. The van der Waals surface area contributed by atoms with Crippen molar-refractivity contribution in [1.29, 1.82) is 0 Å². The fourth-order valence-corrected chi connectivity index (χ4v) is 2.33. The van der Waals surface area contributed by atoms with E-state index in [0.717, 1.165) is 12.1 Å². The average molecular weight is 184 g/mol. The van der Waals surface area contributed by atoms with Gasteiger partial charge in [0, 0.05) is 25.2 Å². The molecule has 0 aliphatic carbocycles. The van der Waals surface area contributed by atoms with E-state index in [-0.39, 0.29) is 0 Å². The quantitative estimate of drug-likeness (QED) is 0.657. The van der Waals surface area contributed by atoms with Crippen molar-refractivity contribution in [2.75, 3.05) is 27.2 Å². The van der Waals surface area contributed by atoms with E-state index in [2.05, 4.69) is 37.7 Å². The molecule has 0 amide bonds. The lowest BCUT2D eigenvalue weighted by Crippen LogP contribution is -2.36. The summed E-state index contributed by atoms with van der Waals surface area (Å²) in [7, 11) is 4.39. The Hall–Kier alpha value is -0.0800. The van der Waals surface area contributed by atoms with Gasteiger partial charge in [0.1, 0.15) is 0 Å². The van der Waals surface area contributed by atoms with Crippen LogP contribution in [-0.4, -0.2) is 49.1 Å². The van der Waals surface area contributed by atoms with E-state index >= 15 is 0 Å². The molecule has 78 valence electrons. The Kier molecular flexibility index (Phi) is 4.20. The van der Waals surface area contributed by atoms with Crippen LogP contribution in [-0.2, 0) is 0 Å². The summed E-state index contributed by atoms with van der Waals surface area (Å²) in [6.07, 6.45) is 3.96. The van der Waals surface area contributed by atoms with Crippen LogP contribution in [0.2, 0.25) is 0 Å². The maximum atomic E-state index is 2.66. The Bertz CT molecular complexity index is 141. The van der Waals surface area contributed by atoms with Gasteiger partial charge in [-0.05, 0) is 33.4 Å².